The second kappa shape index (κ2) is 9.23. The molecular weight excluding hydrogens is 374 g/mol. The van der Waals surface area contributed by atoms with Gasteiger partial charge in [0.2, 0.25) is 10.0 Å². The van der Waals surface area contributed by atoms with Crippen molar-refractivity contribution in [2.75, 3.05) is 22.9 Å². The molecule has 0 saturated carbocycles. The smallest absolute Gasteiger partial charge is 0.234 e. The number of hydrogen-bond acceptors (Lipinski definition) is 5. The van der Waals surface area contributed by atoms with Gasteiger partial charge in [-0.05, 0) is 41.8 Å². The van der Waals surface area contributed by atoms with E-state index in [4.69, 9.17) is 4.74 Å². The van der Waals surface area contributed by atoms with Gasteiger partial charge >= 0.3 is 0 Å². The summed E-state index contributed by atoms with van der Waals surface area (Å²) in [5, 5.41) is 3.25. The molecule has 0 unspecified atom stereocenters. The molecule has 2 N–H and O–H groups in total. The van der Waals surface area contributed by atoms with Crippen molar-refractivity contribution in [2.24, 2.45) is 0 Å². The molecule has 1 aromatic heterocycles. The van der Waals surface area contributed by atoms with Gasteiger partial charge in [-0.1, -0.05) is 42.5 Å². The Morgan fingerprint density at radius 3 is 2.32 bits per heavy atom. The third-order valence-electron chi connectivity index (χ3n) is 4.18. The van der Waals surface area contributed by atoms with Crippen molar-refractivity contribution in [3.63, 3.8) is 0 Å². The van der Waals surface area contributed by atoms with E-state index in [1.54, 1.807) is 25.4 Å². The molecule has 0 aliphatic heterocycles. The highest BCUT2D eigenvalue weighted by Gasteiger charge is 2.11. The summed E-state index contributed by atoms with van der Waals surface area (Å²) in [7, 11) is -1.82. The minimum Gasteiger partial charge on any atom is -0.497 e. The molecule has 0 fully saturated rings. The third-order valence-corrected chi connectivity index (χ3v) is 5.44. The van der Waals surface area contributed by atoms with Crippen LogP contribution in [0.5, 0.6) is 5.75 Å². The van der Waals surface area contributed by atoms with E-state index >= 15 is 0 Å². The number of nitrogens with one attached hydrogen (secondary N) is 2. The highest BCUT2D eigenvalue weighted by molar-refractivity contribution is 7.92. The molecule has 2 aromatic carbocycles. The number of aryl methyl sites for hydroxylation is 1. The highest BCUT2D eigenvalue weighted by Crippen LogP contribution is 2.15. The summed E-state index contributed by atoms with van der Waals surface area (Å²) in [5.41, 5.74) is 2.90. The maximum absolute atomic E-state index is 12.2. The van der Waals surface area contributed by atoms with Crippen LogP contribution in [0.4, 0.5) is 11.5 Å². The Balaban J connectivity index is 1.51. The van der Waals surface area contributed by atoms with Gasteiger partial charge in [-0.25, -0.2) is 13.4 Å². The van der Waals surface area contributed by atoms with Crippen molar-refractivity contribution in [1.82, 2.24) is 4.98 Å². The topological polar surface area (TPSA) is 80.3 Å². The molecule has 0 bridgehead atoms. The standard InChI is InChI=1S/C21H23N3O3S/c1-27-20-10-7-18(8-11-20)15-22-19-9-12-21(23-16-19)24-28(25,26)14-13-17-5-3-2-4-6-17/h2-12,16,22H,13-15H2,1H3,(H,23,24). The molecule has 3 rings (SSSR count). The number of anilines is 2. The van der Waals surface area contributed by atoms with E-state index in [2.05, 4.69) is 15.0 Å². The van der Waals surface area contributed by atoms with Crippen LogP contribution in [0, 0.1) is 0 Å². The van der Waals surface area contributed by atoms with Crippen LogP contribution >= 0.6 is 0 Å². The van der Waals surface area contributed by atoms with E-state index in [0.29, 0.717) is 18.8 Å². The van der Waals surface area contributed by atoms with Crippen LogP contribution < -0.4 is 14.8 Å². The first kappa shape index (κ1) is 19.7. The number of hydrogen-bond donors (Lipinski definition) is 2. The Labute approximate surface area is 165 Å². The number of pyridine rings is 1. The van der Waals surface area contributed by atoms with E-state index in [9.17, 15) is 8.42 Å². The number of ether oxygens (including phenoxy) is 1. The summed E-state index contributed by atoms with van der Waals surface area (Å²) in [6.07, 6.45) is 2.07. The van der Waals surface area contributed by atoms with Gasteiger partial charge in [0, 0.05) is 6.54 Å². The van der Waals surface area contributed by atoms with E-state index in [1.165, 1.54) is 0 Å². The molecule has 3 aromatic rings. The molecular formula is C21H23N3O3S. The molecule has 6 nitrogen and oxygen atoms in total. The summed E-state index contributed by atoms with van der Waals surface area (Å²) >= 11 is 0. The van der Waals surface area contributed by atoms with Crippen molar-refractivity contribution in [1.29, 1.82) is 0 Å². The Morgan fingerprint density at radius 1 is 0.929 bits per heavy atom. The molecule has 1 heterocycles. The van der Waals surface area contributed by atoms with Gasteiger partial charge in [0.1, 0.15) is 11.6 Å². The first-order chi connectivity index (χ1) is 13.5. The van der Waals surface area contributed by atoms with Crippen molar-refractivity contribution >= 4 is 21.5 Å². The monoisotopic (exact) mass is 397 g/mol. The van der Waals surface area contributed by atoms with E-state index in [1.807, 2.05) is 54.6 Å². The lowest BCUT2D eigenvalue weighted by Crippen LogP contribution is -2.18. The van der Waals surface area contributed by atoms with Crippen molar-refractivity contribution in [3.8, 4) is 5.75 Å². The fourth-order valence-electron chi connectivity index (χ4n) is 2.61. The number of methoxy groups -OCH3 is 1. The molecule has 146 valence electrons. The zero-order valence-corrected chi connectivity index (χ0v) is 16.4. The summed E-state index contributed by atoms with van der Waals surface area (Å²) in [4.78, 5) is 4.19. The number of aromatic nitrogens is 1. The maximum Gasteiger partial charge on any atom is 0.234 e. The number of sulfonamides is 1. The molecule has 28 heavy (non-hydrogen) atoms. The van der Waals surface area contributed by atoms with E-state index < -0.39 is 10.0 Å². The third kappa shape index (κ3) is 5.99. The normalized spacial score (nSPS) is 11.0. The SMILES string of the molecule is COc1ccc(CNc2ccc(NS(=O)(=O)CCc3ccccc3)nc2)cc1. The van der Waals surface area contributed by atoms with Crippen LogP contribution in [0.3, 0.4) is 0 Å². The highest BCUT2D eigenvalue weighted by atomic mass is 32.2. The summed E-state index contributed by atoms with van der Waals surface area (Å²) in [6.45, 7) is 0.633. The molecule has 0 amide bonds. The van der Waals surface area contributed by atoms with E-state index in [0.717, 1.165) is 22.6 Å². The fourth-order valence-corrected chi connectivity index (χ4v) is 3.66. The van der Waals surface area contributed by atoms with Crippen molar-refractivity contribution in [2.45, 2.75) is 13.0 Å². The Kier molecular flexibility index (Phi) is 6.49. The zero-order chi connectivity index (χ0) is 19.8. The minimum absolute atomic E-state index is 0.0101. The van der Waals surface area contributed by atoms with Gasteiger partial charge in [0.25, 0.3) is 0 Å². The average Bonchev–Trinajstić information content (AvgIpc) is 2.73. The Bertz CT molecular complexity index is 974. The molecule has 0 aliphatic carbocycles. The number of rotatable bonds is 9. The summed E-state index contributed by atoms with van der Waals surface area (Å²) in [5.74, 6) is 1.13. The zero-order valence-electron chi connectivity index (χ0n) is 15.6. The minimum atomic E-state index is -3.45. The maximum atomic E-state index is 12.2. The quantitative estimate of drug-likeness (QED) is 0.576. The number of nitrogens with zero attached hydrogens (tertiary/aromatic N) is 1. The second-order valence-corrected chi connectivity index (χ2v) is 8.13. The lowest BCUT2D eigenvalue weighted by atomic mass is 10.2. The summed E-state index contributed by atoms with van der Waals surface area (Å²) < 4.78 is 32.2. The largest absolute Gasteiger partial charge is 0.497 e. The molecule has 7 heteroatoms. The van der Waals surface area contributed by atoms with Gasteiger partial charge in [-0.3, -0.25) is 4.72 Å². The Hall–Kier alpha value is -3.06. The van der Waals surface area contributed by atoms with Crippen LogP contribution in [0.25, 0.3) is 0 Å². The predicted molar refractivity (Wildman–Crippen MR) is 112 cm³/mol. The fraction of sp³-hybridized carbons (Fsp3) is 0.190. The van der Waals surface area contributed by atoms with Crippen LogP contribution in [0.2, 0.25) is 0 Å². The lowest BCUT2D eigenvalue weighted by molar-refractivity contribution is 0.414. The molecule has 0 atom stereocenters. The van der Waals surface area contributed by atoms with Gasteiger partial charge in [-0.2, -0.15) is 0 Å². The Morgan fingerprint density at radius 2 is 1.68 bits per heavy atom. The molecule has 0 saturated heterocycles. The van der Waals surface area contributed by atoms with Crippen molar-refractivity contribution in [3.05, 3.63) is 84.1 Å². The van der Waals surface area contributed by atoms with E-state index in [-0.39, 0.29) is 5.75 Å². The summed E-state index contributed by atoms with van der Waals surface area (Å²) in [6, 6.07) is 20.7. The predicted octanol–water partition coefficient (Wildman–Crippen LogP) is 3.69. The van der Waals surface area contributed by atoms with Crippen LogP contribution in [0.1, 0.15) is 11.1 Å². The van der Waals surface area contributed by atoms with Gasteiger partial charge in [-0.15, -0.1) is 0 Å². The van der Waals surface area contributed by atoms with Crippen LogP contribution in [0.15, 0.2) is 72.9 Å². The lowest BCUT2D eigenvalue weighted by Gasteiger charge is -2.10. The van der Waals surface area contributed by atoms with Crippen LogP contribution in [-0.2, 0) is 23.0 Å². The molecule has 0 aliphatic rings. The molecule has 0 spiro atoms. The first-order valence-corrected chi connectivity index (χ1v) is 10.6. The van der Waals surface area contributed by atoms with Crippen molar-refractivity contribution < 1.29 is 13.2 Å². The van der Waals surface area contributed by atoms with Gasteiger partial charge in [0.15, 0.2) is 0 Å². The average molecular weight is 398 g/mol. The number of benzene rings is 2. The van der Waals surface area contributed by atoms with Gasteiger partial charge in [0.05, 0.1) is 24.7 Å². The second-order valence-electron chi connectivity index (χ2n) is 6.29. The van der Waals surface area contributed by atoms with Crippen LogP contribution in [-0.4, -0.2) is 26.3 Å². The molecule has 0 radical (unpaired) electrons. The van der Waals surface area contributed by atoms with Gasteiger partial charge < -0.3 is 10.1 Å². The first-order valence-electron chi connectivity index (χ1n) is 8.91.